The van der Waals surface area contributed by atoms with Crippen LogP contribution in [0.3, 0.4) is 0 Å². The number of rotatable bonds is 3. The highest BCUT2D eigenvalue weighted by atomic mass is 19.1. The summed E-state index contributed by atoms with van der Waals surface area (Å²) in [5.41, 5.74) is 2.63. The molecule has 2 rings (SSSR count). The van der Waals surface area contributed by atoms with Gasteiger partial charge in [0, 0.05) is 11.1 Å². The Morgan fingerprint density at radius 3 is 2.47 bits per heavy atom. The van der Waals surface area contributed by atoms with Crippen molar-refractivity contribution in [3.8, 4) is 5.75 Å². The third-order valence-corrected chi connectivity index (χ3v) is 3.07. The average Bonchev–Trinajstić information content (AvgIpc) is 2.40. The first-order valence-corrected chi connectivity index (χ1v) is 5.98. The van der Waals surface area contributed by atoms with Crippen molar-refractivity contribution in [2.75, 3.05) is 7.11 Å². The summed E-state index contributed by atoms with van der Waals surface area (Å²) < 4.78 is 18.4. The van der Waals surface area contributed by atoms with Crippen LogP contribution in [0.15, 0.2) is 36.4 Å². The number of halogens is 1. The van der Waals surface area contributed by atoms with Crippen molar-refractivity contribution in [2.24, 2.45) is 0 Å². The van der Waals surface area contributed by atoms with Crippen LogP contribution in [-0.2, 0) is 0 Å². The molecule has 0 fully saturated rings. The summed E-state index contributed by atoms with van der Waals surface area (Å²) in [5.74, 6) is 0.157. The summed E-state index contributed by atoms with van der Waals surface area (Å²) in [5, 5.41) is 0. The van der Waals surface area contributed by atoms with Gasteiger partial charge in [0.25, 0.3) is 0 Å². The molecule has 98 valence electrons. The van der Waals surface area contributed by atoms with Gasteiger partial charge in [0.15, 0.2) is 5.78 Å². The van der Waals surface area contributed by atoms with Crippen LogP contribution in [0.1, 0.15) is 27.0 Å². The van der Waals surface area contributed by atoms with E-state index in [0.717, 1.165) is 16.9 Å². The van der Waals surface area contributed by atoms with Crippen LogP contribution in [0.5, 0.6) is 5.75 Å². The molecular weight excluding hydrogens is 243 g/mol. The number of ether oxygens (including phenoxy) is 1. The number of benzene rings is 2. The van der Waals surface area contributed by atoms with Gasteiger partial charge in [-0.3, -0.25) is 4.79 Å². The van der Waals surface area contributed by atoms with Crippen molar-refractivity contribution in [1.82, 2.24) is 0 Å². The molecule has 0 aliphatic heterocycles. The Morgan fingerprint density at radius 1 is 1.11 bits per heavy atom. The molecule has 0 aliphatic carbocycles. The minimum absolute atomic E-state index is 0.178. The third kappa shape index (κ3) is 2.65. The van der Waals surface area contributed by atoms with Crippen molar-refractivity contribution in [1.29, 1.82) is 0 Å². The molecule has 0 spiro atoms. The lowest BCUT2D eigenvalue weighted by molar-refractivity contribution is 0.103. The fraction of sp³-hybridized carbons (Fsp3) is 0.188. The molecule has 2 aromatic rings. The Morgan fingerprint density at radius 2 is 1.84 bits per heavy atom. The number of carbonyl (C=O) groups excluding carboxylic acids is 1. The fourth-order valence-corrected chi connectivity index (χ4v) is 2.04. The summed E-state index contributed by atoms with van der Waals surface area (Å²) in [7, 11) is 1.59. The monoisotopic (exact) mass is 258 g/mol. The van der Waals surface area contributed by atoms with Gasteiger partial charge >= 0.3 is 0 Å². The quantitative estimate of drug-likeness (QED) is 0.785. The maximum atomic E-state index is 13.2. The topological polar surface area (TPSA) is 26.3 Å². The van der Waals surface area contributed by atoms with Crippen LogP contribution in [0.4, 0.5) is 4.39 Å². The average molecular weight is 258 g/mol. The molecule has 2 nitrogen and oxygen atoms in total. The van der Waals surface area contributed by atoms with Gasteiger partial charge in [0.1, 0.15) is 11.6 Å². The number of hydrogen-bond donors (Lipinski definition) is 0. The van der Waals surface area contributed by atoms with Crippen LogP contribution >= 0.6 is 0 Å². The zero-order chi connectivity index (χ0) is 14.0. The number of aryl methyl sites for hydroxylation is 2. The molecule has 0 unspecified atom stereocenters. The highest BCUT2D eigenvalue weighted by Gasteiger charge is 2.14. The van der Waals surface area contributed by atoms with Gasteiger partial charge in [0.2, 0.25) is 0 Å². The SMILES string of the molecule is COc1cc(C)c(C(=O)c2cccc(F)c2)cc1C. The highest BCUT2D eigenvalue weighted by molar-refractivity contribution is 6.10. The lowest BCUT2D eigenvalue weighted by Gasteiger charge is -2.10. The summed E-state index contributed by atoms with van der Waals surface area (Å²) in [4.78, 5) is 12.4. The Kier molecular flexibility index (Phi) is 3.65. The molecule has 0 saturated heterocycles. The van der Waals surface area contributed by atoms with Crippen LogP contribution in [0, 0.1) is 19.7 Å². The first-order chi connectivity index (χ1) is 9.02. The Bertz CT molecular complexity index is 633. The summed E-state index contributed by atoms with van der Waals surface area (Å²) >= 11 is 0. The number of methoxy groups -OCH3 is 1. The van der Waals surface area contributed by atoms with E-state index in [1.165, 1.54) is 18.2 Å². The number of hydrogen-bond acceptors (Lipinski definition) is 2. The second-order valence-corrected chi connectivity index (χ2v) is 4.48. The Hall–Kier alpha value is -2.16. The summed E-state index contributed by atoms with van der Waals surface area (Å²) in [6, 6.07) is 9.33. The molecule has 0 radical (unpaired) electrons. The highest BCUT2D eigenvalue weighted by Crippen LogP contribution is 2.24. The van der Waals surface area contributed by atoms with Crippen molar-refractivity contribution >= 4 is 5.78 Å². The Balaban J connectivity index is 2.47. The smallest absolute Gasteiger partial charge is 0.193 e. The molecule has 0 atom stereocenters. The third-order valence-electron chi connectivity index (χ3n) is 3.07. The van der Waals surface area contributed by atoms with E-state index in [4.69, 9.17) is 4.74 Å². The zero-order valence-corrected chi connectivity index (χ0v) is 11.2. The molecule has 0 N–H and O–H groups in total. The lowest BCUT2D eigenvalue weighted by Crippen LogP contribution is -2.05. The van der Waals surface area contributed by atoms with E-state index in [9.17, 15) is 9.18 Å². The van der Waals surface area contributed by atoms with Gasteiger partial charge in [-0.2, -0.15) is 0 Å². The minimum Gasteiger partial charge on any atom is -0.496 e. The zero-order valence-electron chi connectivity index (χ0n) is 11.2. The van der Waals surface area contributed by atoms with E-state index in [1.807, 2.05) is 19.9 Å². The predicted molar refractivity (Wildman–Crippen MR) is 72.3 cm³/mol. The van der Waals surface area contributed by atoms with Gasteiger partial charge in [-0.25, -0.2) is 4.39 Å². The standard InChI is InChI=1S/C16H15FO2/c1-10-8-15(19-3)11(2)7-14(10)16(18)12-5-4-6-13(17)9-12/h4-9H,1-3H3. The molecule has 0 bridgehead atoms. The van der Waals surface area contributed by atoms with Crippen LogP contribution in [-0.4, -0.2) is 12.9 Å². The van der Waals surface area contributed by atoms with E-state index in [2.05, 4.69) is 0 Å². The van der Waals surface area contributed by atoms with Gasteiger partial charge in [-0.05, 0) is 49.2 Å². The van der Waals surface area contributed by atoms with Gasteiger partial charge in [0.05, 0.1) is 7.11 Å². The molecule has 19 heavy (non-hydrogen) atoms. The van der Waals surface area contributed by atoms with Crippen LogP contribution < -0.4 is 4.74 Å². The molecule has 2 aromatic carbocycles. The predicted octanol–water partition coefficient (Wildman–Crippen LogP) is 3.68. The van der Waals surface area contributed by atoms with Gasteiger partial charge in [-0.1, -0.05) is 12.1 Å². The van der Waals surface area contributed by atoms with Crippen molar-refractivity contribution in [3.63, 3.8) is 0 Å². The maximum Gasteiger partial charge on any atom is 0.193 e. The maximum absolute atomic E-state index is 13.2. The molecular formula is C16H15FO2. The molecule has 3 heteroatoms. The molecule has 0 heterocycles. The van der Waals surface area contributed by atoms with E-state index >= 15 is 0 Å². The van der Waals surface area contributed by atoms with E-state index in [0.29, 0.717) is 11.1 Å². The van der Waals surface area contributed by atoms with Crippen LogP contribution in [0.2, 0.25) is 0 Å². The summed E-state index contributed by atoms with van der Waals surface area (Å²) in [6.45, 7) is 3.72. The number of carbonyl (C=O) groups is 1. The van der Waals surface area contributed by atoms with Crippen molar-refractivity contribution in [2.45, 2.75) is 13.8 Å². The number of ketones is 1. The fourth-order valence-electron chi connectivity index (χ4n) is 2.04. The van der Waals surface area contributed by atoms with Gasteiger partial charge in [-0.15, -0.1) is 0 Å². The first kappa shape index (κ1) is 13.3. The molecule has 0 amide bonds. The molecule has 0 saturated carbocycles. The molecule has 0 aromatic heterocycles. The normalized spacial score (nSPS) is 10.3. The van der Waals surface area contributed by atoms with Gasteiger partial charge < -0.3 is 4.74 Å². The molecule has 0 aliphatic rings. The van der Waals surface area contributed by atoms with Crippen LogP contribution in [0.25, 0.3) is 0 Å². The Labute approximate surface area is 111 Å². The lowest BCUT2D eigenvalue weighted by atomic mass is 9.97. The largest absolute Gasteiger partial charge is 0.496 e. The van der Waals surface area contributed by atoms with E-state index in [-0.39, 0.29) is 5.78 Å². The second kappa shape index (κ2) is 5.22. The van der Waals surface area contributed by atoms with E-state index in [1.54, 1.807) is 19.2 Å². The van der Waals surface area contributed by atoms with Crippen molar-refractivity contribution < 1.29 is 13.9 Å². The first-order valence-electron chi connectivity index (χ1n) is 5.98. The van der Waals surface area contributed by atoms with Crippen molar-refractivity contribution in [3.05, 3.63) is 64.5 Å². The minimum atomic E-state index is -0.409. The van der Waals surface area contributed by atoms with E-state index < -0.39 is 5.82 Å². The summed E-state index contributed by atoms with van der Waals surface area (Å²) in [6.07, 6.45) is 0. The second-order valence-electron chi connectivity index (χ2n) is 4.48.